The van der Waals surface area contributed by atoms with E-state index in [4.69, 9.17) is 15.9 Å². The van der Waals surface area contributed by atoms with Crippen LogP contribution in [-0.2, 0) is 24.0 Å². The van der Waals surface area contributed by atoms with Gasteiger partial charge in [-0.3, -0.25) is 24.0 Å². The molecule has 0 aliphatic carbocycles. The lowest BCUT2D eigenvalue weighted by atomic mass is 10.0. The molecule has 25 heavy (non-hydrogen) atoms. The van der Waals surface area contributed by atoms with Crippen molar-refractivity contribution in [2.24, 2.45) is 11.7 Å². The summed E-state index contributed by atoms with van der Waals surface area (Å²) in [4.78, 5) is 56.1. The number of carbonyl (C=O) groups is 4. The summed E-state index contributed by atoms with van der Waals surface area (Å²) < 4.78 is 0. The van der Waals surface area contributed by atoms with Crippen LogP contribution in [0.3, 0.4) is 0 Å². The molecule has 0 spiro atoms. The lowest BCUT2D eigenvalue weighted by Crippen LogP contribution is -2.54. The van der Waals surface area contributed by atoms with Crippen molar-refractivity contribution in [3.63, 3.8) is 0 Å². The highest BCUT2D eigenvalue weighted by molar-refractivity contribution is 5.91. The van der Waals surface area contributed by atoms with E-state index in [1.165, 1.54) is 6.29 Å². The highest BCUT2D eigenvalue weighted by Crippen LogP contribution is 2.07. The molecule has 0 aromatic heterocycles. The van der Waals surface area contributed by atoms with Gasteiger partial charge in [0.25, 0.3) is 0 Å². The van der Waals surface area contributed by atoms with Gasteiger partial charge in [0.15, 0.2) is 0 Å². The first-order valence-electron chi connectivity index (χ1n) is 7.74. The second kappa shape index (κ2) is 11.1. The maximum absolute atomic E-state index is 12.2. The summed E-state index contributed by atoms with van der Waals surface area (Å²) in [5.74, 6) is -3.81. The molecule has 0 unspecified atom stereocenters. The molecule has 2 amide bonds. The number of carboxylic acid groups (broad SMARTS) is 2. The third-order valence-corrected chi connectivity index (χ3v) is 3.18. The van der Waals surface area contributed by atoms with Gasteiger partial charge in [0.2, 0.25) is 18.1 Å². The van der Waals surface area contributed by atoms with Crippen LogP contribution in [0, 0.1) is 5.92 Å². The number of hydrogen-bond acceptors (Lipinski definition) is 6. The van der Waals surface area contributed by atoms with E-state index in [9.17, 15) is 24.0 Å². The number of hydrogen-bond donors (Lipinski definition) is 5. The summed E-state index contributed by atoms with van der Waals surface area (Å²) in [6, 6.07) is -3.48. The van der Waals surface area contributed by atoms with Gasteiger partial charge in [0.05, 0.1) is 12.5 Å². The Kier molecular flexibility index (Phi) is 10.0. The molecule has 0 aliphatic rings. The molecule has 10 nitrogen and oxygen atoms in total. The van der Waals surface area contributed by atoms with E-state index >= 15 is 0 Å². The molecule has 0 fully saturated rings. The van der Waals surface area contributed by atoms with Crippen molar-refractivity contribution in [3.8, 4) is 0 Å². The number of nitrogens with two attached hydrogens (primary N) is 1. The summed E-state index contributed by atoms with van der Waals surface area (Å²) in [5.41, 5.74) is 5.59. The van der Waals surface area contributed by atoms with Crippen molar-refractivity contribution >= 4 is 30.0 Å². The zero-order valence-corrected chi connectivity index (χ0v) is 14.2. The van der Waals surface area contributed by atoms with Gasteiger partial charge in [-0.25, -0.2) is 0 Å². The average Bonchev–Trinajstić information content (AvgIpc) is 2.49. The highest BCUT2D eigenvalue weighted by Gasteiger charge is 2.27. The predicted octanol–water partition coefficient (Wildman–Crippen LogP) is -1.22. The van der Waals surface area contributed by atoms with Crippen LogP contribution in [0.1, 0.15) is 39.5 Å². The lowest BCUT2D eigenvalue weighted by molar-refractivity contribution is -0.139. The predicted molar refractivity (Wildman–Crippen MR) is 86.1 cm³/mol. The van der Waals surface area contributed by atoms with E-state index in [0.717, 1.165) is 0 Å². The van der Waals surface area contributed by atoms with Gasteiger partial charge in [-0.05, 0) is 18.8 Å². The normalized spacial score (nSPS) is 14.2. The summed E-state index contributed by atoms with van der Waals surface area (Å²) in [6.45, 7) is 3.61. The SMILES string of the molecule is CC(C)C[C@H](NC(=O)[C@@H](N)CCC(=O)O)C(=O)N[C@H]([C]=O)CC(=O)O. The smallest absolute Gasteiger partial charge is 0.305 e. The number of carbonyl (C=O) groups excluding carboxylic acids is 3. The van der Waals surface area contributed by atoms with Crippen LogP contribution >= 0.6 is 0 Å². The molecule has 3 atom stereocenters. The first-order chi connectivity index (χ1) is 11.6. The first-order valence-corrected chi connectivity index (χ1v) is 7.74. The summed E-state index contributed by atoms with van der Waals surface area (Å²) in [7, 11) is 0. The molecule has 0 saturated carbocycles. The molecule has 6 N–H and O–H groups in total. The average molecular weight is 358 g/mol. The Balaban J connectivity index is 4.89. The zero-order chi connectivity index (χ0) is 19.6. The largest absolute Gasteiger partial charge is 0.481 e. The Morgan fingerprint density at radius 3 is 2.08 bits per heavy atom. The third-order valence-electron chi connectivity index (χ3n) is 3.18. The van der Waals surface area contributed by atoms with Crippen LogP contribution in [0.25, 0.3) is 0 Å². The molecule has 0 aromatic rings. The lowest BCUT2D eigenvalue weighted by Gasteiger charge is -2.23. The molecule has 0 rings (SSSR count). The van der Waals surface area contributed by atoms with Gasteiger partial charge < -0.3 is 26.6 Å². The molecule has 0 bridgehead atoms. The summed E-state index contributed by atoms with van der Waals surface area (Å²) in [6.07, 6.45) is 0.619. The van der Waals surface area contributed by atoms with Crippen molar-refractivity contribution in [2.75, 3.05) is 0 Å². The summed E-state index contributed by atoms with van der Waals surface area (Å²) in [5, 5.41) is 21.9. The molecule has 1 radical (unpaired) electrons. The molecule has 141 valence electrons. The summed E-state index contributed by atoms with van der Waals surface area (Å²) >= 11 is 0. The van der Waals surface area contributed by atoms with E-state index in [1.807, 2.05) is 0 Å². The van der Waals surface area contributed by atoms with Gasteiger partial charge >= 0.3 is 11.9 Å². The molecule has 0 aliphatic heterocycles. The van der Waals surface area contributed by atoms with E-state index in [1.54, 1.807) is 13.8 Å². The third kappa shape index (κ3) is 10.1. The molecule has 0 aromatic carbocycles. The van der Waals surface area contributed by atoms with Crippen LogP contribution < -0.4 is 16.4 Å². The standard InChI is InChI=1S/C15H24N3O7/c1-8(2)5-11(15(25)17-9(7-19)6-13(22)23)18-14(24)10(16)3-4-12(20)21/h8-11H,3-6,16H2,1-2H3,(H,17,25)(H,18,24)(H,20,21)(H,22,23)/t9-,10-,11-/m0/s1. The fourth-order valence-electron chi connectivity index (χ4n) is 1.96. The molecule has 0 heterocycles. The Hall–Kier alpha value is -2.49. The molecular formula is C15H24N3O7. The topological polar surface area (TPSA) is 176 Å². The van der Waals surface area contributed by atoms with Gasteiger partial charge in [-0.1, -0.05) is 13.8 Å². The minimum Gasteiger partial charge on any atom is -0.481 e. The van der Waals surface area contributed by atoms with E-state index in [2.05, 4.69) is 10.6 Å². The Bertz CT molecular complexity index is 507. The molecular weight excluding hydrogens is 334 g/mol. The Morgan fingerprint density at radius 2 is 1.64 bits per heavy atom. The van der Waals surface area contributed by atoms with Crippen LogP contribution in [0.5, 0.6) is 0 Å². The van der Waals surface area contributed by atoms with Gasteiger partial charge in [-0.15, -0.1) is 0 Å². The fourth-order valence-corrected chi connectivity index (χ4v) is 1.96. The molecule has 0 saturated heterocycles. The maximum Gasteiger partial charge on any atom is 0.305 e. The van der Waals surface area contributed by atoms with Gasteiger partial charge in [0, 0.05) is 6.42 Å². The molecule has 10 heteroatoms. The number of nitrogens with one attached hydrogen (secondary N) is 2. The van der Waals surface area contributed by atoms with Gasteiger partial charge in [0.1, 0.15) is 12.1 Å². The quantitative estimate of drug-likeness (QED) is 0.288. The Morgan fingerprint density at radius 1 is 1.04 bits per heavy atom. The minimum absolute atomic E-state index is 0.00410. The second-order valence-electron chi connectivity index (χ2n) is 6.01. The number of aliphatic carboxylic acids is 2. The highest BCUT2D eigenvalue weighted by atomic mass is 16.4. The zero-order valence-electron chi connectivity index (χ0n) is 14.2. The van der Waals surface area contributed by atoms with E-state index in [-0.39, 0.29) is 25.2 Å². The van der Waals surface area contributed by atoms with Crippen molar-refractivity contribution in [3.05, 3.63) is 0 Å². The fraction of sp³-hybridized carbons (Fsp3) is 0.667. The van der Waals surface area contributed by atoms with Crippen LogP contribution in [0.4, 0.5) is 0 Å². The monoisotopic (exact) mass is 358 g/mol. The number of rotatable bonds is 12. The van der Waals surface area contributed by atoms with Crippen LogP contribution in [0.2, 0.25) is 0 Å². The second-order valence-corrected chi connectivity index (χ2v) is 6.01. The van der Waals surface area contributed by atoms with Gasteiger partial charge in [-0.2, -0.15) is 0 Å². The van der Waals surface area contributed by atoms with Crippen molar-refractivity contribution in [2.45, 2.75) is 57.7 Å². The van der Waals surface area contributed by atoms with Crippen molar-refractivity contribution < 1.29 is 34.2 Å². The Labute approximate surface area is 145 Å². The van der Waals surface area contributed by atoms with Crippen LogP contribution in [-0.4, -0.2) is 58.4 Å². The van der Waals surface area contributed by atoms with Crippen molar-refractivity contribution in [1.82, 2.24) is 10.6 Å². The van der Waals surface area contributed by atoms with E-state index < -0.39 is 48.3 Å². The number of amides is 2. The van der Waals surface area contributed by atoms with E-state index in [0.29, 0.717) is 0 Å². The van der Waals surface area contributed by atoms with Crippen LogP contribution in [0.15, 0.2) is 0 Å². The minimum atomic E-state index is -1.34. The number of carboxylic acids is 2. The maximum atomic E-state index is 12.2. The first kappa shape index (κ1) is 22.5. The van der Waals surface area contributed by atoms with Crippen molar-refractivity contribution in [1.29, 1.82) is 0 Å².